The summed E-state index contributed by atoms with van der Waals surface area (Å²) >= 11 is 0. The standard InChI is InChI=1S/C20H25N3O4S/c1-3-18(16-8-6-15(2)7-9-16)21-19-11-10-17(14-20(19)23(24)25)28(26,27)22-12-4-5-13-22/h6-11,14,18,21H,3-5,12-13H2,1-2H3/t18-/m1/s1. The van der Waals surface area contributed by atoms with Crippen LogP contribution in [0.2, 0.25) is 0 Å². The lowest BCUT2D eigenvalue weighted by molar-refractivity contribution is -0.384. The minimum atomic E-state index is -3.70. The first kappa shape index (κ1) is 20.3. The highest BCUT2D eigenvalue weighted by Crippen LogP contribution is 2.33. The molecule has 150 valence electrons. The molecule has 1 fully saturated rings. The maximum absolute atomic E-state index is 12.7. The number of anilines is 1. The Morgan fingerprint density at radius 3 is 2.36 bits per heavy atom. The molecule has 0 radical (unpaired) electrons. The minimum Gasteiger partial charge on any atom is -0.373 e. The van der Waals surface area contributed by atoms with Crippen molar-refractivity contribution in [1.82, 2.24) is 4.31 Å². The molecule has 3 rings (SSSR count). The molecule has 1 aliphatic rings. The fourth-order valence-electron chi connectivity index (χ4n) is 3.43. The Morgan fingerprint density at radius 2 is 1.79 bits per heavy atom. The molecule has 8 heteroatoms. The molecule has 7 nitrogen and oxygen atoms in total. The molecule has 2 aromatic carbocycles. The number of nitrogens with zero attached hydrogens (tertiary/aromatic N) is 2. The summed E-state index contributed by atoms with van der Waals surface area (Å²) in [6.07, 6.45) is 2.36. The molecule has 0 aliphatic carbocycles. The van der Waals surface area contributed by atoms with Gasteiger partial charge in [-0.2, -0.15) is 4.31 Å². The number of aryl methyl sites for hydroxylation is 1. The maximum atomic E-state index is 12.7. The van der Waals surface area contributed by atoms with Crippen molar-refractivity contribution in [2.24, 2.45) is 0 Å². The Morgan fingerprint density at radius 1 is 1.14 bits per heavy atom. The average Bonchev–Trinajstić information content (AvgIpc) is 3.22. The molecule has 0 spiro atoms. The summed E-state index contributed by atoms with van der Waals surface area (Å²) in [5.74, 6) is 0. The van der Waals surface area contributed by atoms with Gasteiger partial charge in [0, 0.05) is 19.2 Å². The van der Waals surface area contributed by atoms with E-state index in [-0.39, 0.29) is 16.6 Å². The predicted octanol–water partition coefficient (Wildman–Crippen LogP) is 4.25. The van der Waals surface area contributed by atoms with Crippen LogP contribution in [0.4, 0.5) is 11.4 Å². The Labute approximate surface area is 165 Å². The molecule has 0 unspecified atom stereocenters. The van der Waals surface area contributed by atoms with Crippen molar-refractivity contribution in [3.8, 4) is 0 Å². The number of nitro groups is 1. The van der Waals surface area contributed by atoms with Gasteiger partial charge in [-0.3, -0.25) is 10.1 Å². The fourth-order valence-corrected chi connectivity index (χ4v) is 4.97. The van der Waals surface area contributed by atoms with Gasteiger partial charge in [0.1, 0.15) is 5.69 Å². The average molecular weight is 404 g/mol. The SMILES string of the molecule is CC[C@@H](Nc1ccc(S(=O)(=O)N2CCCC2)cc1[N+](=O)[O-])c1ccc(C)cc1. The smallest absolute Gasteiger partial charge is 0.293 e. The zero-order valence-electron chi connectivity index (χ0n) is 16.1. The molecule has 0 aromatic heterocycles. The second-order valence-electron chi connectivity index (χ2n) is 7.06. The Hall–Kier alpha value is -2.45. The summed E-state index contributed by atoms with van der Waals surface area (Å²) < 4.78 is 26.9. The van der Waals surface area contributed by atoms with Gasteiger partial charge in [-0.15, -0.1) is 0 Å². The van der Waals surface area contributed by atoms with Crippen LogP contribution in [-0.2, 0) is 10.0 Å². The van der Waals surface area contributed by atoms with Gasteiger partial charge in [0.05, 0.1) is 15.9 Å². The first-order chi connectivity index (χ1) is 13.3. The molecule has 1 N–H and O–H groups in total. The summed E-state index contributed by atoms with van der Waals surface area (Å²) in [4.78, 5) is 11.1. The van der Waals surface area contributed by atoms with Crippen molar-refractivity contribution in [1.29, 1.82) is 0 Å². The van der Waals surface area contributed by atoms with Gasteiger partial charge in [-0.25, -0.2) is 8.42 Å². The normalized spacial score (nSPS) is 16.1. The molecule has 0 amide bonds. The molecular formula is C20H25N3O4S. The highest BCUT2D eigenvalue weighted by Gasteiger charge is 2.29. The molecule has 0 bridgehead atoms. The highest BCUT2D eigenvalue weighted by atomic mass is 32.2. The highest BCUT2D eigenvalue weighted by molar-refractivity contribution is 7.89. The van der Waals surface area contributed by atoms with Gasteiger partial charge in [0.2, 0.25) is 10.0 Å². The van der Waals surface area contributed by atoms with Gasteiger partial charge in [0.15, 0.2) is 0 Å². The van der Waals surface area contributed by atoms with Gasteiger partial charge < -0.3 is 5.32 Å². The van der Waals surface area contributed by atoms with Crippen molar-refractivity contribution in [2.45, 2.75) is 44.0 Å². The van der Waals surface area contributed by atoms with Crippen molar-refractivity contribution in [3.05, 3.63) is 63.7 Å². The molecule has 1 aliphatic heterocycles. The van der Waals surface area contributed by atoms with Crippen molar-refractivity contribution in [2.75, 3.05) is 18.4 Å². The third-order valence-corrected chi connectivity index (χ3v) is 6.98. The van der Waals surface area contributed by atoms with E-state index < -0.39 is 14.9 Å². The predicted molar refractivity (Wildman–Crippen MR) is 109 cm³/mol. The van der Waals surface area contributed by atoms with Crippen molar-refractivity contribution >= 4 is 21.4 Å². The van der Waals surface area contributed by atoms with Crippen LogP contribution in [0, 0.1) is 17.0 Å². The van der Waals surface area contributed by atoms with Crippen LogP contribution in [0.15, 0.2) is 47.4 Å². The summed E-state index contributed by atoms with van der Waals surface area (Å²) in [5.41, 5.74) is 2.25. The van der Waals surface area contributed by atoms with Crippen LogP contribution < -0.4 is 5.32 Å². The van der Waals surface area contributed by atoms with Crippen molar-refractivity contribution < 1.29 is 13.3 Å². The van der Waals surface area contributed by atoms with Crippen LogP contribution >= 0.6 is 0 Å². The zero-order valence-corrected chi connectivity index (χ0v) is 16.9. The number of nitrogens with one attached hydrogen (secondary N) is 1. The molecule has 1 heterocycles. The largest absolute Gasteiger partial charge is 0.373 e. The molecule has 1 saturated heterocycles. The quantitative estimate of drug-likeness (QED) is 0.551. The third kappa shape index (κ3) is 4.18. The summed E-state index contributed by atoms with van der Waals surface area (Å²) in [6.45, 7) is 4.92. The van der Waals surface area contributed by atoms with Gasteiger partial charge in [-0.1, -0.05) is 36.8 Å². The van der Waals surface area contributed by atoms with Gasteiger partial charge >= 0.3 is 0 Å². The van der Waals surface area contributed by atoms with Gasteiger partial charge in [-0.05, 0) is 43.9 Å². The molecular weight excluding hydrogens is 378 g/mol. The lowest BCUT2D eigenvalue weighted by Crippen LogP contribution is -2.27. The minimum absolute atomic E-state index is 0.0324. The third-order valence-electron chi connectivity index (χ3n) is 5.09. The maximum Gasteiger partial charge on any atom is 0.293 e. The fraction of sp³-hybridized carbons (Fsp3) is 0.400. The van der Waals surface area contributed by atoms with Crippen molar-refractivity contribution in [3.63, 3.8) is 0 Å². The second kappa shape index (κ2) is 8.28. The lowest BCUT2D eigenvalue weighted by atomic mass is 10.0. The van der Waals surface area contributed by atoms with E-state index in [0.717, 1.165) is 36.5 Å². The van der Waals surface area contributed by atoms with E-state index in [1.54, 1.807) is 0 Å². The molecule has 2 aromatic rings. The van der Waals surface area contributed by atoms with E-state index in [9.17, 15) is 18.5 Å². The number of hydrogen-bond donors (Lipinski definition) is 1. The van der Waals surface area contributed by atoms with Crippen LogP contribution in [0.5, 0.6) is 0 Å². The zero-order chi connectivity index (χ0) is 20.3. The lowest BCUT2D eigenvalue weighted by Gasteiger charge is -2.20. The van der Waals surface area contributed by atoms with Crippen LogP contribution in [0.25, 0.3) is 0 Å². The first-order valence-electron chi connectivity index (χ1n) is 9.44. The molecule has 28 heavy (non-hydrogen) atoms. The van der Waals surface area contributed by atoms with Crippen LogP contribution in [0.1, 0.15) is 43.4 Å². The Balaban J connectivity index is 1.93. The van der Waals surface area contributed by atoms with E-state index in [4.69, 9.17) is 0 Å². The number of nitro benzene ring substituents is 1. The summed E-state index contributed by atoms with van der Waals surface area (Å²) in [5, 5.41) is 14.8. The Bertz CT molecular complexity index is 952. The van der Waals surface area contributed by atoms with E-state index in [0.29, 0.717) is 18.8 Å². The van der Waals surface area contributed by atoms with Crippen LogP contribution in [-0.4, -0.2) is 30.7 Å². The molecule has 0 saturated carbocycles. The van der Waals surface area contributed by atoms with E-state index in [2.05, 4.69) is 5.32 Å². The second-order valence-corrected chi connectivity index (χ2v) is 9.00. The number of benzene rings is 2. The number of rotatable bonds is 7. The number of sulfonamides is 1. The monoisotopic (exact) mass is 403 g/mol. The number of hydrogen-bond acceptors (Lipinski definition) is 5. The summed E-state index contributed by atoms with van der Waals surface area (Å²) in [6, 6.07) is 12.0. The van der Waals surface area contributed by atoms with E-state index in [1.807, 2.05) is 38.1 Å². The topological polar surface area (TPSA) is 92.6 Å². The van der Waals surface area contributed by atoms with E-state index >= 15 is 0 Å². The Kier molecular flexibility index (Phi) is 6.00. The molecule has 1 atom stereocenters. The van der Waals surface area contributed by atoms with Crippen LogP contribution in [0.3, 0.4) is 0 Å². The first-order valence-corrected chi connectivity index (χ1v) is 10.9. The van der Waals surface area contributed by atoms with Gasteiger partial charge in [0.25, 0.3) is 5.69 Å². The van der Waals surface area contributed by atoms with E-state index in [1.165, 1.54) is 16.4 Å². The summed E-state index contributed by atoms with van der Waals surface area (Å²) in [7, 11) is -3.70.